The van der Waals surface area contributed by atoms with Crippen molar-refractivity contribution in [2.45, 2.75) is 20.5 Å². The molecule has 3 nitrogen and oxygen atoms in total. The smallest absolute Gasteiger partial charge is 0.232 e. The molecule has 1 aliphatic rings. The number of carbonyl (C=O) groups is 1. The van der Waals surface area contributed by atoms with Gasteiger partial charge in [0.25, 0.3) is 0 Å². The number of benzene rings is 2. The van der Waals surface area contributed by atoms with Gasteiger partial charge < -0.3 is 9.47 Å². The summed E-state index contributed by atoms with van der Waals surface area (Å²) >= 11 is 7.60. The molecule has 0 unspecified atom stereocenters. The predicted molar refractivity (Wildman–Crippen MR) is 109 cm³/mol. The van der Waals surface area contributed by atoms with Crippen molar-refractivity contribution in [1.29, 1.82) is 0 Å². The Morgan fingerprint density at radius 1 is 1.19 bits per heavy atom. The number of aryl methyl sites for hydroxylation is 1. The van der Waals surface area contributed by atoms with Crippen LogP contribution in [0.5, 0.6) is 11.5 Å². The molecule has 0 radical (unpaired) electrons. The molecule has 0 spiro atoms. The number of allylic oxidation sites excluding steroid dienone is 1. The van der Waals surface area contributed by atoms with Crippen LogP contribution in [0.1, 0.15) is 31.9 Å². The topological polar surface area (TPSA) is 35.5 Å². The fourth-order valence-electron chi connectivity index (χ4n) is 2.96. The minimum atomic E-state index is -0.0951. The summed E-state index contributed by atoms with van der Waals surface area (Å²) in [5.74, 6) is 1.52. The average Bonchev–Trinajstić information content (AvgIpc) is 3.19. The van der Waals surface area contributed by atoms with Crippen LogP contribution in [-0.4, -0.2) is 5.78 Å². The lowest BCUT2D eigenvalue weighted by molar-refractivity contribution is 0.101. The lowest BCUT2D eigenvalue weighted by Crippen LogP contribution is -1.98. The molecule has 1 aromatic heterocycles. The molecular weight excluding hydrogens is 380 g/mol. The average molecular weight is 397 g/mol. The van der Waals surface area contributed by atoms with Gasteiger partial charge in [-0.05, 0) is 60.7 Å². The van der Waals surface area contributed by atoms with Crippen LogP contribution >= 0.6 is 22.9 Å². The third-order valence-corrected chi connectivity index (χ3v) is 5.68. The number of ketones is 1. The summed E-state index contributed by atoms with van der Waals surface area (Å²) < 4.78 is 11.8. The first-order valence-electron chi connectivity index (χ1n) is 8.52. The Balaban J connectivity index is 1.58. The van der Waals surface area contributed by atoms with Gasteiger partial charge in [-0.1, -0.05) is 23.7 Å². The van der Waals surface area contributed by atoms with Gasteiger partial charge in [-0.2, -0.15) is 0 Å². The van der Waals surface area contributed by atoms with Crippen molar-refractivity contribution in [2.24, 2.45) is 0 Å². The molecule has 5 heteroatoms. The first-order chi connectivity index (χ1) is 13.0. The second-order valence-electron chi connectivity index (χ2n) is 6.39. The maximum atomic E-state index is 12.7. The summed E-state index contributed by atoms with van der Waals surface area (Å²) in [6.07, 6.45) is 1.81. The molecule has 0 amide bonds. The standard InChI is InChI=1S/C22H17ClO3S/c1-13-8-9-27-20(13)11-19-21(24)17-6-7-18(14(2)22(17)26-19)25-12-15-4-3-5-16(23)10-15/h3-11H,12H2,1-2H3/b19-11-. The number of rotatable bonds is 4. The molecule has 2 aromatic carbocycles. The molecule has 0 aliphatic carbocycles. The summed E-state index contributed by atoms with van der Waals surface area (Å²) in [5.41, 5.74) is 3.49. The van der Waals surface area contributed by atoms with Gasteiger partial charge in [0.15, 0.2) is 5.76 Å². The van der Waals surface area contributed by atoms with Crippen LogP contribution < -0.4 is 9.47 Å². The summed E-state index contributed by atoms with van der Waals surface area (Å²) in [5, 5.41) is 2.68. The van der Waals surface area contributed by atoms with E-state index < -0.39 is 0 Å². The summed E-state index contributed by atoms with van der Waals surface area (Å²) in [4.78, 5) is 13.7. The van der Waals surface area contributed by atoms with Gasteiger partial charge >= 0.3 is 0 Å². The van der Waals surface area contributed by atoms with Crippen LogP contribution in [0.3, 0.4) is 0 Å². The Labute approximate surface area is 166 Å². The molecule has 0 atom stereocenters. The third-order valence-electron chi connectivity index (χ3n) is 4.48. The van der Waals surface area contributed by atoms with Crippen molar-refractivity contribution in [3.05, 3.63) is 85.8 Å². The first kappa shape index (κ1) is 17.8. The van der Waals surface area contributed by atoms with Crippen LogP contribution in [0.15, 0.2) is 53.6 Å². The quantitative estimate of drug-likeness (QED) is 0.491. The molecule has 1 aliphatic heterocycles. The number of thiophene rings is 1. The zero-order valence-electron chi connectivity index (χ0n) is 14.9. The number of fused-ring (bicyclic) bond motifs is 1. The molecule has 0 fully saturated rings. The minimum absolute atomic E-state index is 0.0951. The largest absolute Gasteiger partial charge is 0.488 e. The lowest BCUT2D eigenvalue weighted by Gasteiger charge is -2.11. The van der Waals surface area contributed by atoms with E-state index in [0.717, 1.165) is 21.6 Å². The van der Waals surface area contributed by atoms with E-state index >= 15 is 0 Å². The van der Waals surface area contributed by atoms with E-state index in [2.05, 4.69) is 0 Å². The van der Waals surface area contributed by atoms with Crippen LogP contribution in [0.25, 0.3) is 6.08 Å². The molecule has 2 heterocycles. The van der Waals surface area contributed by atoms with Crippen molar-refractivity contribution in [1.82, 2.24) is 0 Å². The van der Waals surface area contributed by atoms with E-state index in [-0.39, 0.29) is 5.78 Å². The van der Waals surface area contributed by atoms with Gasteiger partial charge in [0, 0.05) is 21.5 Å². The van der Waals surface area contributed by atoms with E-state index in [1.807, 2.05) is 61.7 Å². The maximum Gasteiger partial charge on any atom is 0.232 e. The Hall–Kier alpha value is -2.56. The zero-order chi connectivity index (χ0) is 19.0. The number of ether oxygens (including phenoxy) is 2. The van der Waals surface area contributed by atoms with Crippen molar-refractivity contribution in [3.8, 4) is 11.5 Å². The second-order valence-corrected chi connectivity index (χ2v) is 7.78. The van der Waals surface area contributed by atoms with Gasteiger partial charge in [-0.3, -0.25) is 4.79 Å². The number of carbonyl (C=O) groups excluding carboxylic acids is 1. The highest BCUT2D eigenvalue weighted by Crippen LogP contribution is 2.40. The summed E-state index contributed by atoms with van der Waals surface area (Å²) in [7, 11) is 0. The van der Waals surface area contributed by atoms with Crippen molar-refractivity contribution >= 4 is 34.8 Å². The van der Waals surface area contributed by atoms with Crippen molar-refractivity contribution in [3.63, 3.8) is 0 Å². The molecule has 27 heavy (non-hydrogen) atoms. The maximum absolute atomic E-state index is 12.7. The normalized spacial score (nSPS) is 14.3. The van der Waals surface area contributed by atoms with Gasteiger partial charge in [-0.25, -0.2) is 0 Å². The Morgan fingerprint density at radius 3 is 2.78 bits per heavy atom. The summed E-state index contributed by atoms with van der Waals surface area (Å²) in [6, 6.07) is 13.2. The minimum Gasteiger partial charge on any atom is -0.488 e. The lowest BCUT2D eigenvalue weighted by atomic mass is 10.1. The monoisotopic (exact) mass is 396 g/mol. The third kappa shape index (κ3) is 3.51. The molecule has 3 aromatic rings. The molecule has 0 saturated carbocycles. The SMILES string of the molecule is Cc1ccsc1/C=C1\Oc2c(ccc(OCc3cccc(Cl)c3)c2C)C1=O. The molecule has 0 saturated heterocycles. The first-order valence-corrected chi connectivity index (χ1v) is 9.78. The number of Topliss-reactive ketones (excluding diaryl/α,β-unsaturated/α-hetero) is 1. The Morgan fingerprint density at radius 2 is 2.04 bits per heavy atom. The fraction of sp³-hybridized carbons (Fsp3) is 0.136. The highest BCUT2D eigenvalue weighted by Gasteiger charge is 2.30. The number of hydrogen-bond acceptors (Lipinski definition) is 4. The van der Waals surface area contributed by atoms with Crippen LogP contribution in [0.2, 0.25) is 5.02 Å². The number of hydrogen-bond donors (Lipinski definition) is 0. The van der Waals surface area contributed by atoms with E-state index in [9.17, 15) is 4.79 Å². The van der Waals surface area contributed by atoms with Crippen LogP contribution in [-0.2, 0) is 6.61 Å². The molecular formula is C22H17ClO3S. The molecule has 0 bridgehead atoms. The van der Waals surface area contributed by atoms with E-state index in [1.165, 1.54) is 0 Å². The zero-order valence-corrected chi connectivity index (χ0v) is 16.5. The van der Waals surface area contributed by atoms with Gasteiger partial charge in [-0.15, -0.1) is 11.3 Å². The van der Waals surface area contributed by atoms with Crippen molar-refractivity contribution < 1.29 is 14.3 Å². The van der Waals surface area contributed by atoms with Crippen LogP contribution in [0.4, 0.5) is 0 Å². The summed E-state index contributed by atoms with van der Waals surface area (Å²) in [6.45, 7) is 4.31. The molecule has 136 valence electrons. The highest BCUT2D eigenvalue weighted by molar-refractivity contribution is 7.11. The predicted octanol–water partition coefficient (Wildman–Crippen LogP) is 6.21. The molecule has 0 N–H and O–H groups in total. The molecule has 4 rings (SSSR count). The van der Waals surface area contributed by atoms with Gasteiger partial charge in [0.1, 0.15) is 18.1 Å². The van der Waals surface area contributed by atoms with Gasteiger partial charge in [0.05, 0.1) is 5.56 Å². The second kappa shape index (κ2) is 7.22. The van der Waals surface area contributed by atoms with E-state index in [4.69, 9.17) is 21.1 Å². The van der Waals surface area contributed by atoms with Crippen LogP contribution in [0, 0.1) is 13.8 Å². The number of halogens is 1. The van der Waals surface area contributed by atoms with Gasteiger partial charge in [0.2, 0.25) is 5.78 Å². The van der Waals surface area contributed by atoms with E-state index in [1.54, 1.807) is 17.4 Å². The van der Waals surface area contributed by atoms with E-state index in [0.29, 0.717) is 34.5 Å². The Kier molecular flexibility index (Phi) is 4.77. The fourth-order valence-corrected chi connectivity index (χ4v) is 4.02. The Bertz CT molecular complexity index is 1070. The van der Waals surface area contributed by atoms with Crippen molar-refractivity contribution in [2.75, 3.05) is 0 Å². The highest BCUT2D eigenvalue weighted by atomic mass is 35.5.